The van der Waals surface area contributed by atoms with Crippen molar-refractivity contribution in [2.45, 2.75) is 13.8 Å². The molecule has 0 aliphatic carbocycles. The maximum Gasteiger partial charge on any atom is 0.127 e. The van der Waals surface area contributed by atoms with Crippen LogP contribution in [-0.4, -0.2) is 13.1 Å². The first-order chi connectivity index (χ1) is 9.76. The molecule has 0 amide bonds. The molecule has 0 atom stereocenters. The third kappa shape index (κ3) is 3.30. The first-order valence-corrected chi connectivity index (χ1v) is 6.79. The quantitative estimate of drug-likeness (QED) is 0.813. The summed E-state index contributed by atoms with van der Waals surface area (Å²) in [6, 6.07) is 17.2. The summed E-state index contributed by atoms with van der Waals surface area (Å²) < 4.78 is 5.75. The summed E-state index contributed by atoms with van der Waals surface area (Å²) in [4.78, 5) is 2.28. The van der Waals surface area contributed by atoms with Gasteiger partial charge in [0.25, 0.3) is 0 Å². The molecule has 3 nitrogen and oxygen atoms in total. The van der Waals surface area contributed by atoms with Crippen molar-refractivity contribution < 1.29 is 4.74 Å². The van der Waals surface area contributed by atoms with E-state index in [-0.39, 0.29) is 0 Å². The second kappa shape index (κ2) is 6.63. The van der Waals surface area contributed by atoms with Crippen molar-refractivity contribution >= 4 is 5.69 Å². The fourth-order valence-electron chi connectivity index (χ4n) is 2.05. The van der Waals surface area contributed by atoms with Gasteiger partial charge in [0.2, 0.25) is 0 Å². The van der Waals surface area contributed by atoms with Gasteiger partial charge in [-0.1, -0.05) is 0 Å². The number of nitriles is 1. The van der Waals surface area contributed by atoms with Crippen molar-refractivity contribution in [1.82, 2.24) is 0 Å². The molecule has 0 aliphatic rings. The lowest BCUT2D eigenvalue weighted by atomic mass is 10.2. The van der Waals surface area contributed by atoms with Gasteiger partial charge in [-0.2, -0.15) is 5.26 Å². The van der Waals surface area contributed by atoms with Gasteiger partial charge in [0.05, 0.1) is 11.6 Å². The highest BCUT2D eigenvalue weighted by atomic mass is 16.5. The monoisotopic (exact) mass is 266 g/mol. The molecule has 0 spiro atoms. The highest BCUT2D eigenvalue weighted by molar-refractivity contribution is 5.49. The van der Waals surface area contributed by atoms with Crippen molar-refractivity contribution in [3.8, 4) is 17.6 Å². The van der Waals surface area contributed by atoms with Crippen LogP contribution >= 0.6 is 0 Å². The fourth-order valence-corrected chi connectivity index (χ4v) is 2.05. The molecule has 0 saturated heterocycles. The molecular formula is C17H18N2O. The molecule has 0 aromatic heterocycles. The molecule has 2 rings (SSSR count). The number of ether oxygens (including phenoxy) is 1. The van der Waals surface area contributed by atoms with Gasteiger partial charge in [-0.25, -0.2) is 0 Å². The number of rotatable bonds is 5. The standard InChI is InChI=1S/C17H18N2O/c1-3-19(4-2)15-7-11-17(12-8-15)20-16-9-5-14(13-18)6-10-16/h5-12H,3-4H2,1-2H3. The Morgan fingerprint density at radius 1 is 0.900 bits per heavy atom. The van der Waals surface area contributed by atoms with E-state index in [9.17, 15) is 0 Å². The average Bonchev–Trinajstić information content (AvgIpc) is 2.51. The van der Waals surface area contributed by atoms with Gasteiger partial charge >= 0.3 is 0 Å². The molecule has 2 aromatic carbocycles. The van der Waals surface area contributed by atoms with Gasteiger partial charge < -0.3 is 9.64 Å². The number of hydrogen-bond donors (Lipinski definition) is 0. The predicted molar refractivity (Wildman–Crippen MR) is 81.2 cm³/mol. The molecule has 0 unspecified atom stereocenters. The van der Waals surface area contributed by atoms with Gasteiger partial charge in [-0.3, -0.25) is 0 Å². The molecule has 0 saturated carbocycles. The normalized spacial score (nSPS) is 9.85. The van der Waals surface area contributed by atoms with Crippen LogP contribution in [0, 0.1) is 11.3 Å². The molecule has 0 bridgehead atoms. The molecule has 0 N–H and O–H groups in total. The van der Waals surface area contributed by atoms with Crippen LogP contribution in [0.25, 0.3) is 0 Å². The van der Waals surface area contributed by atoms with E-state index in [4.69, 9.17) is 10.00 Å². The fraction of sp³-hybridized carbons (Fsp3) is 0.235. The molecule has 20 heavy (non-hydrogen) atoms. The molecule has 0 fully saturated rings. The van der Waals surface area contributed by atoms with E-state index in [2.05, 4.69) is 36.9 Å². The smallest absolute Gasteiger partial charge is 0.127 e. The first kappa shape index (κ1) is 14.0. The Balaban J connectivity index is 2.08. The number of benzene rings is 2. The van der Waals surface area contributed by atoms with Crippen LogP contribution in [0.15, 0.2) is 48.5 Å². The van der Waals surface area contributed by atoms with E-state index in [0.29, 0.717) is 5.56 Å². The van der Waals surface area contributed by atoms with Crippen LogP contribution in [0.5, 0.6) is 11.5 Å². The van der Waals surface area contributed by atoms with Gasteiger partial charge in [-0.15, -0.1) is 0 Å². The van der Waals surface area contributed by atoms with Crippen LogP contribution in [-0.2, 0) is 0 Å². The van der Waals surface area contributed by atoms with Crippen molar-refractivity contribution in [2.75, 3.05) is 18.0 Å². The van der Waals surface area contributed by atoms with Crippen molar-refractivity contribution in [2.24, 2.45) is 0 Å². The minimum atomic E-state index is 0.634. The molecule has 2 aromatic rings. The Morgan fingerprint density at radius 2 is 1.40 bits per heavy atom. The number of anilines is 1. The number of nitrogens with zero attached hydrogens (tertiary/aromatic N) is 2. The Hall–Kier alpha value is -2.47. The van der Waals surface area contributed by atoms with Gasteiger partial charge in [0.1, 0.15) is 11.5 Å². The van der Waals surface area contributed by atoms with E-state index in [0.717, 1.165) is 24.6 Å². The summed E-state index contributed by atoms with van der Waals surface area (Å²) in [5.74, 6) is 1.53. The summed E-state index contributed by atoms with van der Waals surface area (Å²) in [5.41, 5.74) is 1.83. The van der Waals surface area contributed by atoms with Crippen LogP contribution in [0.2, 0.25) is 0 Å². The molecular weight excluding hydrogens is 248 g/mol. The topological polar surface area (TPSA) is 36.3 Å². The van der Waals surface area contributed by atoms with Crippen LogP contribution in [0.1, 0.15) is 19.4 Å². The van der Waals surface area contributed by atoms with Crippen LogP contribution in [0.3, 0.4) is 0 Å². The lowest BCUT2D eigenvalue weighted by Gasteiger charge is -2.21. The van der Waals surface area contributed by atoms with Gasteiger partial charge in [0, 0.05) is 18.8 Å². The predicted octanol–water partition coefficient (Wildman–Crippen LogP) is 4.20. The van der Waals surface area contributed by atoms with Gasteiger partial charge in [-0.05, 0) is 62.4 Å². The Labute approximate surface area is 120 Å². The Bertz CT molecular complexity index is 578. The number of hydrogen-bond acceptors (Lipinski definition) is 3. The lowest BCUT2D eigenvalue weighted by Crippen LogP contribution is -2.21. The summed E-state index contributed by atoms with van der Waals surface area (Å²) in [5, 5.41) is 8.75. The zero-order chi connectivity index (χ0) is 14.4. The van der Waals surface area contributed by atoms with Crippen molar-refractivity contribution in [1.29, 1.82) is 5.26 Å². The molecule has 3 heteroatoms. The van der Waals surface area contributed by atoms with Crippen LogP contribution in [0.4, 0.5) is 5.69 Å². The summed E-state index contributed by atoms with van der Waals surface area (Å²) in [6.45, 7) is 6.27. The van der Waals surface area contributed by atoms with Gasteiger partial charge in [0.15, 0.2) is 0 Å². The Morgan fingerprint density at radius 3 is 1.85 bits per heavy atom. The minimum absolute atomic E-state index is 0.634. The Kier molecular flexibility index (Phi) is 4.62. The van der Waals surface area contributed by atoms with Crippen molar-refractivity contribution in [3.63, 3.8) is 0 Å². The third-order valence-corrected chi connectivity index (χ3v) is 3.18. The van der Waals surface area contributed by atoms with E-state index in [1.54, 1.807) is 24.3 Å². The molecule has 0 heterocycles. The summed E-state index contributed by atoms with van der Waals surface area (Å²) in [6.07, 6.45) is 0. The first-order valence-electron chi connectivity index (χ1n) is 6.79. The van der Waals surface area contributed by atoms with E-state index >= 15 is 0 Å². The maximum atomic E-state index is 8.75. The highest BCUT2D eigenvalue weighted by Crippen LogP contribution is 2.24. The zero-order valence-electron chi connectivity index (χ0n) is 11.8. The van der Waals surface area contributed by atoms with E-state index < -0.39 is 0 Å². The minimum Gasteiger partial charge on any atom is -0.457 e. The highest BCUT2D eigenvalue weighted by Gasteiger charge is 2.02. The van der Waals surface area contributed by atoms with E-state index in [1.165, 1.54) is 5.69 Å². The molecule has 102 valence electrons. The summed E-state index contributed by atoms with van der Waals surface area (Å²) in [7, 11) is 0. The molecule has 0 aliphatic heterocycles. The lowest BCUT2D eigenvalue weighted by molar-refractivity contribution is 0.482. The second-order valence-corrected chi connectivity index (χ2v) is 4.40. The third-order valence-electron chi connectivity index (χ3n) is 3.18. The van der Waals surface area contributed by atoms with Crippen LogP contribution < -0.4 is 9.64 Å². The molecule has 0 radical (unpaired) electrons. The van der Waals surface area contributed by atoms with E-state index in [1.807, 2.05) is 12.1 Å². The zero-order valence-corrected chi connectivity index (χ0v) is 11.8. The van der Waals surface area contributed by atoms with Crippen molar-refractivity contribution in [3.05, 3.63) is 54.1 Å². The average molecular weight is 266 g/mol. The maximum absolute atomic E-state index is 8.75. The largest absolute Gasteiger partial charge is 0.457 e. The SMILES string of the molecule is CCN(CC)c1ccc(Oc2ccc(C#N)cc2)cc1. The summed E-state index contributed by atoms with van der Waals surface area (Å²) >= 11 is 0. The second-order valence-electron chi connectivity index (χ2n) is 4.40.